The van der Waals surface area contributed by atoms with Crippen molar-refractivity contribution in [2.45, 2.75) is 246 Å². The number of ether oxygens (including phenoxy) is 2. The summed E-state index contributed by atoms with van der Waals surface area (Å²) in [7, 11) is 0. The highest BCUT2D eigenvalue weighted by molar-refractivity contribution is 5.90. The Labute approximate surface area is 572 Å². The smallest absolute Gasteiger partial charge is 0.408 e. The molecule has 18 nitrogen and oxygen atoms in total. The Kier molecular flexibility index (Phi) is 41.2. The molecule has 3 saturated carbocycles. The minimum Gasteiger partial charge on any atom is -0.480 e. The minimum absolute atomic E-state index is 0. The van der Waals surface area contributed by atoms with Gasteiger partial charge < -0.3 is 52.0 Å². The third kappa shape index (κ3) is 39.4. The van der Waals surface area contributed by atoms with Gasteiger partial charge in [0, 0.05) is 50.0 Å². The molecule has 6 rings (SSSR count). The normalized spacial score (nSPS) is 16.3. The number of carboxylic acid groups (broad SMARTS) is 1. The number of aliphatic carboxylic acids is 1. The van der Waals surface area contributed by atoms with Gasteiger partial charge in [-0.25, -0.2) is 14.4 Å². The zero-order valence-corrected chi connectivity index (χ0v) is 59.5. The van der Waals surface area contributed by atoms with Crippen LogP contribution in [0, 0.1) is 47.3 Å². The number of carbonyl (C=O) groups excluding carboxylic acids is 7. The first-order chi connectivity index (χ1) is 42.1. The summed E-state index contributed by atoms with van der Waals surface area (Å²) in [6.07, 6.45) is 6.19. The van der Waals surface area contributed by atoms with Crippen LogP contribution < -0.4 is 22.1 Å². The molecule has 6 unspecified atom stereocenters. The first-order valence-electron chi connectivity index (χ1n) is 32.6. The van der Waals surface area contributed by atoms with E-state index in [0.717, 1.165) is 55.2 Å². The van der Waals surface area contributed by atoms with Crippen LogP contribution >= 0.6 is 37.2 Å². The number of hydrogen-bond acceptors (Lipinski definition) is 15. The summed E-state index contributed by atoms with van der Waals surface area (Å²) in [4.78, 5) is 97.0. The van der Waals surface area contributed by atoms with Crippen molar-refractivity contribution in [2.24, 2.45) is 58.8 Å². The number of carbonyl (C=O) groups is 8. The molecule has 0 heterocycles. The molecule has 10 N–H and O–H groups in total. The van der Waals surface area contributed by atoms with E-state index in [4.69, 9.17) is 26.0 Å². The van der Waals surface area contributed by atoms with Crippen LogP contribution in [0.3, 0.4) is 0 Å². The summed E-state index contributed by atoms with van der Waals surface area (Å²) in [5.74, 6) is -0.655. The minimum atomic E-state index is -1.19. The van der Waals surface area contributed by atoms with Gasteiger partial charge in [0.25, 0.3) is 0 Å². The van der Waals surface area contributed by atoms with Gasteiger partial charge in [-0.1, -0.05) is 133 Å². The van der Waals surface area contributed by atoms with Crippen LogP contribution in [0.5, 0.6) is 0 Å². The van der Waals surface area contributed by atoms with E-state index in [2.05, 4.69) is 10.6 Å². The van der Waals surface area contributed by atoms with Crippen molar-refractivity contribution in [3.05, 3.63) is 108 Å². The molecule has 0 aromatic heterocycles. The Bertz CT molecular complexity index is 2680. The number of halogens is 3. The van der Waals surface area contributed by atoms with Gasteiger partial charge in [0.15, 0.2) is 23.1 Å². The molecule has 526 valence electrons. The van der Waals surface area contributed by atoms with Crippen LogP contribution in [-0.4, -0.2) is 121 Å². The van der Waals surface area contributed by atoms with Gasteiger partial charge in [-0.05, 0) is 171 Å². The van der Waals surface area contributed by atoms with Crippen LogP contribution in [0.1, 0.15) is 190 Å². The molecule has 3 fully saturated rings. The van der Waals surface area contributed by atoms with Crippen molar-refractivity contribution in [3.63, 3.8) is 0 Å². The van der Waals surface area contributed by atoms with E-state index in [1.807, 2.05) is 133 Å². The summed E-state index contributed by atoms with van der Waals surface area (Å²) in [5.41, 5.74) is 13.6. The molecular weight excluding hydrogens is 1250 g/mol. The maximum absolute atomic E-state index is 13.2. The lowest BCUT2D eigenvalue weighted by Gasteiger charge is -2.27. The number of amides is 2. The number of ketones is 5. The Morgan fingerprint density at radius 1 is 0.452 bits per heavy atom. The van der Waals surface area contributed by atoms with E-state index >= 15 is 0 Å². The molecule has 3 aliphatic carbocycles. The number of nitrogens with two attached hydrogens (primary N) is 2. The highest BCUT2D eigenvalue weighted by Crippen LogP contribution is 2.36. The maximum atomic E-state index is 13.2. The molecule has 2 amide bonds. The Morgan fingerprint density at radius 3 is 1.06 bits per heavy atom. The number of hydrogen-bond donors (Lipinski definition) is 8. The molecular formula is C72H113Cl3N4O14. The monoisotopic (exact) mass is 1360 g/mol. The largest absolute Gasteiger partial charge is 0.480 e. The zero-order valence-electron chi connectivity index (χ0n) is 57.1. The van der Waals surface area contributed by atoms with E-state index in [9.17, 15) is 53.7 Å². The number of aliphatic hydroxyl groups excluding tert-OH is 3. The summed E-state index contributed by atoms with van der Waals surface area (Å²) in [6.45, 7) is 22.3. The first kappa shape index (κ1) is 87.7. The quantitative estimate of drug-likeness (QED) is 0.0281. The van der Waals surface area contributed by atoms with E-state index in [1.165, 1.54) is 0 Å². The maximum Gasteiger partial charge on any atom is 0.408 e. The second kappa shape index (κ2) is 43.7. The third-order valence-electron chi connectivity index (χ3n) is 15.4. The van der Waals surface area contributed by atoms with Crippen molar-refractivity contribution in [2.75, 3.05) is 0 Å². The summed E-state index contributed by atoms with van der Waals surface area (Å²) < 4.78 is 10.3. The fourth-order valence-electron chi connectivity index (χ4n) is 10.2. The van der Waals surface area contributed by atoms with Gasteiger partial charge in [-0.2, -0.15) is 0 Å². The van der Waals surface area contributed by atoms with E-state index in [-0.39, 0.29) is 90.8 Å². The summed E-state index contributed by atoms with van der Waals surface area (Å²) >= 11 is 0. The van der Waals surface area contributed by atoms with Crippen LogP contribution in [-0.2, 0) is 57.5 Å². The van der Waals surface area contributed by atoms with Crippen LogP contribution in [0.4, 0.5) is 9.59 Å². The number of Topliss-reactive ketones (excluding diaryl/α,β-unsaturated/α-hetero) is 5. The second-order valence-electron chi connectivity index (χ2n) is 28.5. The lowest BCUT2D eigenvalue weighted by molar-refractivity contribution is -0.140. The number of nitrogens with one attached hydrogen (secondary N) is 2. The lowest BCUT2D eigenvalue weighted by Crippen LogP contribution is -2.45. The Morgan fingerprint density at radius 2 is 0.753 bits per heavy atom. The van der Waals surface area contributed by atoms with Crippen molar-refractivity contribution < 1.29 is 68.3 Å². The van der Waals surface area contributed by atoms with Gasteiger partial charge in [0.2, 0.25) is 0 Å². The van der Waals surface area contributed by atoms with Crippen LogP contribution in [0.2, 0.25) is 0 Å². The van der Waals surface area contributed by atoms with Crippen LogP contribution in [0.25, 0.3) is 0 Å². The number of carboxylic acids is 1. The second-order valence-corrected chi connectivity index (χ2v) is 28.5. The predicted molar refractivity (Wildman–Crippen MR) is 372 cm³/mol. The SMILES string of the molecule is CC(C)C[C@H](N)C(=O)CC(Cc1ccccc1)C(O)C(=O)CC1CC1.CC(C)C[C@H](NC(=O)OC(C)(C)C)C(=O)CC(Cc1ccccc1)C(O)C(=O)CC1CC1.CC(C)C[C@H](NC(=O)OC(C)(C)C)C(=O)O.Cl.Cl.Cl.NC(Cc1ccccc1)C(O)C(=O)CC1CC1. The van der Waals surface area contributed by atoms with Crippen LogP contribution in [0.15, 0.2) is 91.0 Å². The van der Waals surface area contributed by atoms with Gasteiger partial charge in [-0.15, -0.1) is 37.2 Å². The standard InChI is InChI=1S/C26H39NO5.C21H31NO3.C14H19NO2.C11H21NO4.3ClH/c1-17(2)13-21(27-25(31)32-26(3,4)5)22(28)16-20(14-18-9-7-6-8-10-18)24(30)23(29)15-19-11-12-19;1-14(2)10-18(22)19(23)13-17(11-15-6-4-3-5-7-15)21(25)20(24)12-16-8-9-16;15-12(8-10-4-2-1-3-5-10)14(17)13(16)9-11-6-7-11;1-7(2)6-8(9(13)14)12-10(15)16-11(3,4)5;;;/h6-10,17,19-21,24,30H,11-16H2,1-5H3,(H,27,31);3-7,14,16-18,21,25H,8-13,22H2,1-2H3;1-5,11-12,14,17H,6-9,15H2;7-8H,6H2,1-5H3,(H,12,15)(H,13,14);3*1H/t20?,21-,24?;17?,18-,21?;;8-;;;/m00.0.../s1. The highest BCUT2D eigenvalue weighted by atomic mass is 35.5. The number of aliphatic hydroxyl groups is 3. The van der Waals surface area contributed by atoms with Gasteiger partial charge >= 0.3 is 18.2 Å². The van der Waals surface area contributed by atoms with Crippen molar-refractivity contribution in [3.8, 4) is 0 Å². The van der Waals surface area contributed by atoms with Gasteiger partial charge in [0.1, 0.15) is 41.3 Å². The molecule has 0 saturated heterocycles. The zero-order chi connectivity index (χ0) is 67.5. The molecule has 3 aliphatic rings. The predicted octanol–water partition coefficient (Wildman–Crippen LogP) is 11.9. The van der Waals surface area contributed by atoms with E-state index < -0.39 is 83.7 Å². The molecule has 9 atom stereocenters. The topological polar surface area (TPSA) is 312 Å². The fourth-order valence-corrected chi connectivity index (χ4v) is 10.2. The lowest BCUT2D eigenvalue weighted by atomic mass is 9.84. The Hall–Kier alpha value is -5.31. The molecule has 3 aromatic rings. The summed E-state index contributed by atoms with van der Waals surface area (Å²) in [6, 6.07) is 26.3. The first-order valence-corrected chi connectivity index (χ1v) is 32.6. The average molecular weight is 1370 g/mol. The Balaban J connectivity index is 0.00000125. The summed E-state index contributed by atoms with van der Waals surface area (Å²) in [5, 5.41) is 45.2. The van der Waals surface area contributed by atoms with E-state index in [0.29, 0.717) is 81.5 Å². The van der Waals surface area contributed by atoms with Gasteiger partial charge in [-0.3, -0.25) is 24.0 Å². The molecule has 0 radical (unpaired) electrons. The van der Waals surface area contributed by atoms with Gasteiger partial charge in [0.05, 0.1) is 12.1 Å². The average Bonchev–Trinajstić information content (AvgIpc) is 2.04. The molecule has 21 heteroatoms. The molecule has 3 aromatic carbocycles. The number of rotatable bonds is 33. The molecule has 0 bridgehead atoms. The molecule has 0 aliphatic heterocycles. The van der Waals surface area contributed by atoms with Crippen molar-refractivity contribution in [1.29, 1.82) is 0 Å². The number of benzene rings is 3. The molecule has 93 heavy (non-hydrogen) atoms. The number of alkyl carbamates (subject to hydrolysis) is 2. The van der Waals surface area contributed by atoms with E-state index in [1.54, 1.807) is 41.5 Å². The fraction of sp³-hybridized carbons (Fsp3) is 0.639. The molecule has 0 spiro atoms. The highest BCUT2D eigenvalue weighted by Gasteiger charge is 2.37. The third-order valence-corrected chi connectivity index (χ3v) is 15.4. The van der Waals surface area contributed by atoms with Crippen molar-refractivity contribution in [1.82, 2.24) is 10.6 Å². The van der Waals surface area contributed by atoms with Crippen molar-refractivity contribution >= 4 is 84.3 Å².